The number of carbonyl (C=O) groups excluding carboxylic acids is 3. The van der Waals surface area contributed by atoms with Crippen LogP contribution in [0.4, 0.5) is 0 Å². The first-order valence-electron chi connectivity index (χ1n) is 9.69. The summed E-state index contributed by atoms with van der Waals surface area (Å²) in [4.78, 5) is 37.8. The smallest absolute Gasteiger partial charge is 0.243 e. The van der Waals surface area contributed by atoms with Crippen molar-refractivity contribution in [3.8, 4) is 0 Å². The molecule has 3 amide bonds. The zero-order chi connectivity index (χ0) is 20.1. The third kappa shape index (κ3) is 7.89. The second kappa shape index (κ2) is 13.2. The first-order chi connectivity index (χ1) is 12.4. The molecule has 0 aromatic rings. The quantitative estimate of drug-likeness (QED) is 0.605. The van der Waals surface area contributed by atoms with Crippen LogP contribution in [0.2, 0.25) is 0 Å². The molecule has 7 heteroatoms. The molecule has 0 saturated carbocycles. The number of hydrogen-bond acceptors (Lipinski definition) is 4. The van der Waals surface area contributed by atoms with Crippen LogP contribution < -0.4 is 16.0 Å². The first kappa shape index (κ1) is 23.9. The van der Waals surface area contributed by atoms with Gasteiger partial charge in [0, 0.05) is 12.2 Å². The number of nitrogens with one attached hydrogen (secondary N) is 3. The molecule has 2 saturated heterocycles. The average molecular weight is 369 g/mol. The van der Waals surface area contributed by atoms with Crippen molar-refractivity contribution in [2.75, 3.05) is 19.6 Å². The number of hydrogen-bond donors (Lipinski definition) is 3. The summed E-state index contributed by atoms with van der Waals surface area (Å²) in [5, 5.41) is 7.92. The fourth-order valence-electron chi connectivity index (χ4n) is 2.64. The minimum atomic E-state index is -0.665. The summed E-state index contributed by atoms with van der Waals surface area (Å²) in [6.07, 6.45) is 3.94. The molecule has 2 heterocycles. The number of fused-ring (bicyclic) bond motifs is 1. The van der Waals surface area contributed by atoms with Crippen molar-refractivity contribution in [2.45, 2.75) is 72.4 Å². The van der Waals surface area contributed by atoms with Gasteiger partial charge in [-0.15, -0.1) is 0 Å². The van der Waals surface area contributed by atoms with Crippen LogP contribution in [0.15, 0.2) is 12.3 Å². The van der Waals surface area contributed by atoms with Crippen LogP contribution in [0.3, 0.4) is 0 Å². The van der Waals surface area contributed by atoms with Crippen LogP contribution in [-0.2, 0) is 14.4 Å². The lowest BCUT2D eigenvalue weighted by molar-refractivity contribution is -0.132. The maximum absolute atomic E-state index is 12.4. The Labute approximate surface area is 158 Å². The molecule has 26 heavy (non-hydrogen) atoms. The molecule has 0 aromatic carbocycles. The zero-order valence-corrected chi connectivity index (χ0v) is 17.0. The Kier molecular flexibility index (Phi) is 12.2. The highest BCUT2D eigenvalue weighted by Crippen LogP contribution is 2.21. The number of amides is 3. The normalized spacial score (nSPS) is 24.0. The second-order valence-corrected chi connectivity index (χ2v) is 6.20. The van der Waals surface area contributed by atoms with E-state index >= 15 is 0 Å². The highest BCUT2D eigenvalue weighted by molar-refractivity contribution is 5.91. The minimum absolute atomic E-state index is 0.101. The van der Waals surface area contributed by atoms with Gasteiger partial charge in [-0.05, 0) is 26.2 Å². The zero-order valence-electron chi connectivity index (χ0n) is 17.0. The van der Waals surface area contributed by atoms with E-state index in [1.807, 2.05) is 18.7 Å². The lowest BCUT2D eigenvalue weighted by atomic mass is 10.00. The Morgan fingerprint density at radius 1 is 1.04 bits per heavy atom. The Bertz CT molecular complexity index is 479. The number of rotatable bonds is 0. The van der Waals surface area contributed by atoms with Crippen LogP contribution in [0.5, 0.6) is 0 Å². The van der Waals surface area contributed by atoms with Crippen LogP contribution in [0.1, 0.15) is 60.3 Å². The lowest BCUT2D eigenvalue weighted by Crippen LogP contribution is -2.56. The molecule has 150 valence electrons. The Morgan fingerprint density at radius 3 is 2.27 bits per heavy atom. The minimum Gasteiger partial charge on any atom is -0.362 e. The molecule has 2 rings (SSSR count). The Hall–Kier alpha value is -2.05. The van der Waals surface area contributed by atoms with Crippen molar-refractivity contribution < 1.29 is 14.4 Å². The maximum Gasteiger partial charge on any atom is 0.243 e. The summed E-state index contributed by atoms with van der Waals surface area (Å²) in [7, 11) is 0. The van der Waals surface area contributed by atoms with Crippen LogP contribution in [-0.4, -0.2) is 54.3 Å². The van der Waals surface area contributed by atoms with Gasteiger partial charge >= 0.3 is 0 Å². The molecule has 3 N–H and O–H groups in total. The molecule has 2 aliphatic rings. The summed E-state index contributed by atoms with van der Waals surface area (Å²) >= 11 is 0. The molecule has 0 radical (unpaired) electrons. The van der Waals surface area contributed by atoms with E-state index in [9.17, 15) is 14.4 Å². The summed E-state index contributed by atoms with van der Waals surface area (Å²) < 4.78 is 0. The van der Waals surface area contributed by atoms with Crippen molar-refractivity contribution >= 4 is 17.7 Å². The first-order valence-corrected chi connectivity index (χ1v) is 9.69. The topological polar surface area (TPSA) is 90.5 Å². The van der Waals surface area contributed by atoms with Crippen LogP contribution in [0, 0.1) is 0 Å². The van der Waals surface area contributed by atoms with E-state index in [0.29, 0.717) is 0 Å². The number of piperidine rings is 1. The van der Waals surface area contributed by atoms with Gasteiger partial charge in [0.15, 0.2) is 0 Å². The molecule has 1 unspecified atom stereocenters. The SMILES string of the molecule is C=C1CNC(=O)CNC(=O)[C@H](C)NC(=O)C2CCCCN12.CC.CCC. The van der Waals surface area contributed by atoms with E-state index < -0.39 is 6.04 Å². The van der Waals surface area contributed by atoms with Crippen molar-refractivity contribution in [3.63, 3.8) is 0 Å². The summed E-state index contributed by atoms with van der Waals surface area (Å²) in [5.41, 5.74) is 0.725. The van der Waals surface area contributed by atoms with Gasteiger partial charge in [0.2, 0.25) is 17.7 Å². The Morgan fingerprint density at radius 2 is 1.65 bits per heavy atom. The van der Waals surface area contributed by atoms with E-state index in [-0.39, 0.29) is 36.9 Å². The maximum atomic E-state index is 12.4. The van der Waals surface area contributed by atoms with Gasteiger partial charge in [-0.1, -0.05) is 40.7 Å². The average Bonchev–Trinajstić information content (AvgIpc) is 2.65. The van der Waals surface area contributed by atoms with Gasteiger partial charge in [0.1, 0.15) is 12.1 Å². The summed E-state index contributed by atoms with van der Waals surface area (Å²) in [5.74, 6) is -0.789. The number of nitrogens with zero attached hydrogens (tertiary/aromatic N) is 1. The lowest BCUT2D eigenvalue weighted by Gasteiger charge is -2.38. The van der Waals surface area contributed by atoms with Crippen molar-refractivity contribution in [2.24, 2.45) is 0 Å². The molecular weight excluding hydrogens is 332 g/mol. The summed E-state index contributed by atoms with van der Waals surface area (Å²) in [6, 6.07) is -0.986. The predicted molar refractivity (Wildman–Crippen MR) is 104 cm³/mol. The third-order valence-electron chi connectivity index (χ3n) is 3.88. The van der Waals surface area contributed by atoms with Gasteiger partial charge < -0.3 is 20.9 Å². The van der Waals surface area contributed by atoms with Gasteiger partial charge in [-0.3, -0.25) is 14.4 Å². The standard InChI is InChI=1S/C14H22N4O3.C3H8.C2H6/c1-9-7-15-12(19)8-16-13(20)10(2)17-14(21)11-5-3-4-6-18(9)11;1-3-2;1-2/h10-11H,1,3-8H2,2H3,(H,15,19)(H,16,20)(H,17,21);3H2,1-2H3;1-2H3/t10-,11?;;/m0../s1. The predicted octanol–water partition coefficient (Wildman–Crippen LogP) is 1.55. The largest absolute Gasteiger partial charge is 0.362 e. The van der Waals surface area contributed by atoms with Gasteiger partial charge in [-0.25, -0.2) is 0 Å². The van der Waals surface area contributed by atoms with Crippen molar-refractivity contribution in [1.29, 1.82) is 0 Å². The van der Waals surface area contributed by atoms with E-state index in [1.165, 1.54) is 6.42 Å². The number of carbonyl (C=O) groups is 3. The highest BCUT2D eigenvalue weighted by atomic mass is 16.2. The van der Waals surface area contributed by atoms with E-state index in [2.05, 4.69) is 36.4 Å². The molecule has 2 aliphatic heterocycles. The molecule has 0 aromatic heterocycles. The van der Waals surface area contributed by atoms with Gasteiger partial charge in [0.25, 0.3) is 0 Å². The third-order valence-corrected chi connectivity index (χ3v) is 3.88. The molecule has 0 aliphatic carbocycles. The van der Waals surface area contributed by atoms with Gasteiger partial charge in [-0.2, -0.15) is 0 Å². The molecule has 0 spiro atoms. The molecular formula is C19H36N4O3. The molecule has 7 nitrogen and oxygen atoms in total. The van der Waals surface area contributed by atoms with E-state index in [4.69, 9.17) is 0 Å². The van der Waals surface area contributed by atoms with Crippen LogP contribution >= 0.6 is 0 Å². The summed E-state index contributed by atoms with van der Waals surface area (Å²) in [6.45, 7) is 14.8. The van der Waals surface area contributed by atoms with Crippen LogP contribution in [0.25, 0.3) is 0 Å². The molecule has 0 bridgehead atoms. The van der Waals surface area contributed by atoms with E-state index in [1.54, 1.807) is 6.92 Å². The van der Waals surface area contributed by atoms with Gasteiger partial charge in [0.05, 0.1) is 13.1 Å². The molecule has 2 atom stereocenters. The van der Waals surface area contributed by atoms with Crippen molar-refractivity contribution in [3.05, 3.63) is 12.3 Å². The van der Waals surface area contributed by atoms with Crippen molar-refractivity contribution in [1.82, 2.24) is 20.9 Å². The fourth-order valence-corrected chi connectivity index (χ4v) is 2.64. The second-order valence-electron chi connectivity index (χ2n) is 6.20. The monoisotopic (exact) mass is 368 g/mol. The van der Waals surface area contributed by atoms with E-state index in [0.717, 1.165) is 31.5 Å². The highest BCUT2D eigenvalue weighted by Gasteiger charge is 2.31. The fraction of sp³-hybridized carbons (Fsp3) is 0.737. The molecule has 2 fully saturated rings. The Balaban J connectivity index is 0.00000113.